The van der Waals surface area contributed by atoms with Gasteiger partial charge in [0.05, 0.1) is 23.5 Å². The van der Waals surface area contributed by atoms with Crippen LogP contribution in [0.1, 0.15) is 23.7 Å². The van der Waals surface area contributed by atoms with E-state index < -0.39 is 0 Å². The Morgan fingerprint density at radius 3 is 2.86 bits per heavy atom. The summed E-state index contributed by atoms with van der Waals surface area (Å²) in [5, 5.41) is 3.05. The molecule has 0 bridgehead atoms. The van der Waals surface area contributed by atoms with Crippen LogP contribution in [0.15, 0.2) is 18.2 Å². The average molecular weight is 291 g/mol. The van der Waals surface area contributed by atoms with E-state index in [9.17, 15) is 9.59 Å². The highest BCUT2D eigenvalue weighted by molar-refractivity contribution is 6.01. The molecule has 0 spiro atoms. The monoisotopic (exact) mass is 291 g/mol. The predicted octanol–water partition coefficient (Wildman–Crippen LogP) is 1.22. The molecule has 114 valence electrons. The Morgan fingerprint density at radius 2 is 2.29 bits per heavy atom. The molecule has 2 rings (SSSR count). The summed E-state index contributed by atoms with van der Waals surface area (Å²) >= 11 is 0. The van der Waals surface area contributed by atoms with Crippen molar-refractivity contribution in [2.75, 3.05) is 37.0 Å². The van der Waals surface area contributed by atoms with Gasteiger partial charge in [-0.1, -0.05) is 0 Å². The third kappa shape index (κ3) is 3.16. The molecule has 6 heteroatoms. The van der Waals surface area contributed by atoms with Crippen LogP contribution in [0.25, 0.3) is 0 Å². The molecule has 3 N–H and O–H groups in total. The number of rotatable bonds is 5. The van der Waals surface area contributed by atoms with Gasteiger partial charge in [-0.25, -0.2) is 4.79 Å². The molecule has 1 saturated heterocycles. The molecule has 1 unspecified atom stereocenters. The fourth-order valence-electron chi connectivity index (χ4n) is 2.48. The van der Waals surface area contributed by atoms with Gasteiger partial charge in [0.1, 0.15) is 0 Å². The standard InChI is InChI=1S/C15H21N3O3/c1-3-21-15(20)11-4-5-12(17-2)13(7-11)18-9-10(8-16)6-14(18)19/h4-5,7,10,17H,3,6,8-9,16H2,1-2H3. The molecule has 1 aliphatic rings. The van der Waals surface area contributed by atoms with Crippen molar-refractivity contribution < 1.29 is 14.3 Å². The quantitative estimate of drug-likeness (QED) is 0.797. The number of nitrogens with zero attached hydrogens (tertiary/aromatic N) is 1. The van der Waals surface area contributed by atoms with Crippen LogP contribution in [0.3, 0.4) is 0 Å². The first-order chi connectivity index (χ1) is 10.1. The van der Waals surface area contributed by atoms with Crippen molar-refractivity contribution in [2.45, 2.75) is 13.3 Å². The molecule has 0 aliphatic carbocycles. The Labute approximate surface area is 124 Å². The number of amides is 1. The van der Waals surface area contributed by atoms with E-state index in [4.69, 9.17) is 10.5 Å². The van der Waals surface area contributed by atoms with Gasteiger partial charge in [0, 0.05) is 20.0 Å². The number of esters is 1. The first-order valence-corrected chi connectivity index (χ1v) is 7.10. The van der Waals surface area contributed by atoms with Gasteiger partial charge in [-0.3, -0.25) is 4.79 Å². The molecule has 1 amide bonds. The summed E-state index contributed by atoms with van der Waals surface area (Å²) in [4.78, 5) is 25.7. The number of carbonyl (C=O) groups excluding carboxylic acids is 2. The molecule has 1 aliphatic heterocycles. The first kappa shape index (κ1) is 15.3. The van der Waals surface area contributed by atoms with Crippen LogP contribution >= 0.6 is 0 Å². The van der Waals surface area contributed by atoms with Gasteiger partial charge in [0.25, 0.3) is 0 Å². The van der Waals surface area contributed by atoms with Crippen LogP contribution in [0.4, 0.5) is 11.4 Å². The minimum atomic E-state index is -0.386. The number of hydrogen-bond donors (Lipinski definition) is 2. The molecule has 1 fully saturated rings. The minimum absolute atomic E-state index is 0.0305. The summed E-state index contributed by atoms with van der Waals surface area (Å²) in [6.07, 6.45) is 0.448. The maximum atomic E-state index is 12.1. The lowest BCUT2D eigenvalue weighted by Crippen LogP contribution is -2.26. The summed E-state index contributed by atoms with van der Waals surface area (Å²) < 4.78 is 5.01. The molecule has 21 heavy (non-hydrogen) atoms. The average Bonchev–Trinajstić information content (AvgIpc) is 2.87. The van der Waals surface area contributed by atoms with Crippen LogP contribution in [-0.4, -0.2) is 38.6 Å². The predicted molar refractivity (Wildman–Crippen MR) is 81.5 cm³/mol. The summed E-state index contributed by atoms with van der Waals surface area (Å²) in [5.74, 6) is -0.195. The van der Waals surface area contributed by atoms with Gasteiger partial charge in [-0.05, 0) is 37.6 Å². The Hall–Kier alpha value is -2.08. The molecule has 1 atom stereocenters. The van der Waals surface area contributed by atoms with Crippen molar-refractivity contribution in [3.05, 3.63) is 23.8 Å². The zero-order valence-corrected chi connectivity index (χ0v) is 12.4. The molecule has 1 aromatic rings. The fraction of sp³-hybridized carbons (Fsp3) is 0.467. The van der Waals surface area contributed by atoms with Gasteiger partial charge in [0.2, 0.25) is 5.91 Å². The summed E-state index contributed by atoms with van der Waals surface area (Å²) in [6, 6.07) is 5.17. The molecule has 6 nitrogen and oxygen atoms in total. The van der Waals surface area contributed by atoms with Crippen molar-refractivity contribution in [3.63, 3.8) is 0 Å². The Morgan fingerprint density at radius 1 is 1.52 bits per heavy atom. The van der Waals surface area contributed by atoms with Gasteiger partial charge < -0.3 is 20.7 Å². The van der Waals surface area contributed by atoms with E-state index in [1.54, 1.807) is 37.1 Å². The number of nitrogens with one attached hydrogen (secondary N) is 1. The second kappa shape index (κ2) is 6.58. The van der Waals surface area contributed by atoms with Gasteiger partial charge >= 0.3 is 5.97 Å². The van der Waals surface area contributed by atoms with Gasteiger partial charge in [-0.15, -0.1) is 0 Å². The third-order valence-electron chi connectivity index (χ3n) is 3.61. The minimum Gasteiger partial charge on any atom is -0.462 e. The summed E-state index contributed by atoms with van der Waals surface area (Å²) in [5.41, 5.74) is 7.59. The molecular weight excluding hydrogens is 270 g/mol. The van der Waals surface area contributed by atoms with E-state index in [0.29, 0.717) is 37.4 Å². The van der Waals surface area contributed by atoms with E-state index in [-0.39, 0.29) is 17.8 Å². The Balaban J connectivity index is 2.34. The number of ether oxygens (including phenoxy) is 1. The maximum absolute atomic E-state index is 12.1. The van der Waals surface area contributed by atoms with Crippen LogP contribution in [-0.2, 0) is 9.53 Å². The van der Waals surface area contributed by atoms with E-state index >= 15 is 0 Å². The first-order valence-electron chi connectivity index (χ1n) is 7.10. The zero-order valence-electron chi connectivity index (χ0n) is 12.4. The Bertz CT molecular complexity index is 545. The van der Waals surface area contributed by atoms with Crippen molar-refractivity contribution in [1.82, 2.24) is 0 Å². The number of hydrogen-bond acceptors (Lipinski definition) is 5. The van der Waals surface area contributed by atoms with Crippen molar-refractivity contribution in [1.29, 1.82) is 0 Å². The zero-order chi connectivity index (χ0) is 15.4. The lowest BCUT2D eigenvalue weighted by atomic mass is 10.1. The number of carbonyl (C=O) groups is 2. The Kier molecular flexibility index (Phi) is 4.80. The van der Waals surface area contributed by atoms with Crippen molar-refractivity contribution in [3.8, 4) is 0 Å². The van der Waals surface area contributed by atoms with E-state index in [1.165, 1.54) is 0 Å². The molecule has 0 radical (unpaired) electrons. The highest BCUT2D eigenvalue weighted by atomic mass is 16.5. The second-order valence-electron chi connectivity index (χ2n) is 5.01. The molecule has 0 saturated carbocycles. The second-order valence-corrected chi connectivity index (χ2v) is 5.01. The van der Waals surface area contributed by atoms with Crippen molar-refractivity contribution in [2.24, 2.45) is 11.7 Å². The third-order valence-corrected chi connectivity index (χ3v) is 3.61. The lowest BCUT2D eigenvalue weighted by Gasteiger charge is -2.21. The number of benzene rings is 1. The van der Waals surface area contributed by atoms with Crippen molar-refractivity contribution >= 4 is 23.3 Å². The lowest BCUT2D eigenvalue weighted by molar-refractivity contribution is -0.117. The molecule has 1 heterocycles. The highest BCUT2D eigenvalue weighted by Crippen LogP contribution is 2.32. The van der Waals surface area contributed by atoms with Crippen LogP contribution < -0.4 is 16.0 Å². The van der Waals surface area contributed by atoms with Crippen LogP contribution in [0.2, 0.25) is 0 Å². The maximum Gasteiger partial charge on any atom is 0.338 e. The van der Waals surface area contributed by atoms with E-state index in [2.05, 4.69) is 5.32 Å². The smallest absolute Gasteiger partial charge is 0.338 e. The molecule has 1 aromatic carbocycles. The van der Waals surface area contributed by atoms with Crippen LogP contribution in [0, 0.1) is 5.92 Å². The SMILES string of the molecule is CCOC(=O)c1ccc(NC)c(N2CC(CN)CC2=O)c1. The van der Waals surface area contributed by atoms with Gasteiger partial charge in [-0.2, -0.15) is 0 Å². The number of nitrogens with two attached hydrogens (primary N) is 1. The van der Waals surface area contributed by atoms with Gasteiger partial charge in [0.15, 0.2) is 0 Å². The largest absolute Gasteiger partial charge is 0.462 e. The molecule has 0 aromatic heterocycles. The molecular formula is C15H21N3O3. The summed E-state index contributed by atoms with van der Waals surface area (Å²) in [7, 11) is 1.78. The topological polar surface area (TPSA) is 84.7 Å². The summed E-state index contributed by atoms with van der Waals surface area (Å²) in [6.45, 7) is 3.14. The highest BCUT2D eigenvalue weighted by Gasteiger charge is 2.31. The number of anilines is 2. The fourth-order valence-corrected chi connectivity index (χ4v) is 2.48. The van der Waals surface area contributed by atoms with E-state index in [0.717, 1.165) is 5.69 Å². The normalized spacial score (nSPS) is 18.0. The van der Waals surface area contributed by atoms with Crippen LogP contribution in [0.5, 0.6) is 0 Å². The van der Waals surface area contributed by atoms with E-state index in [1.807, 2.05) is 0 Å².